The van der Waals surface area contributed by atoms with E-state index in [-0.39, 0.29) is 29.3 Å². The van der Waals surface area contributed by atoms with Crippen LogP contribution in [-0.4, -0.2) is 70.8 Å². The quantitative estimate of drug-likeness (QED) is 0.202. The van der Waals surface area contributed by atoms with Crippen LogP contribution in [0.25, 0.3) is 10.9 Å². The van der Waals surface area contributed by atoms with Crippen molar-refractivity contribution in [1.82, 2.24) is 25.8 Å². The Morgan fingerprint density at radius 1 is 1.00 bits per heavy atom. The number of aliphatic hydroxyl groups is 1. The first-order valence-electron chi connectivity index (χ1n) is 14.1. The average molecular weight is 548 g/mol. The predicted molar refractivity (Wildman–Crippen MR) is 152 cm³/mol. The van der Waals surface area contributed by atoms with E-state index >= 15 is 0 Å². The van der Waals surface area contributed by atoms with Gasteiger partial charge in [-0.15, -0.1) is 0 Å². The number of pyridine rings is 1. The first kappa shape index (κ1) is 27.8. The van der Waals surface area contributed by atoms with Crippen molar-refractivity contribution >= 4 is 22.7 Å². The van der Waals surface area contributed by atoms with Crippen molar-refractivity contribution in [1.29, 1.82) is 0 Å². The lowest BCUT2D eigenvalue weighted by Crippen LogP contribution is -2.56. The molecule has 2 amide bonds. The van der Waals surface area contributed by atoms with Crippen molar-refractivity contribution in [3.05, 3.63) is 75.6 Å². The summed E-state index contributed by atoms with van der Waals surface area (Å²) in [7, 11) is 0. The third kappa shape index (κ3) is 6.52. The molecular formula is C30H37N5O5. The van der Waals surface area contributed by atoms with Crippen LogP contribution >= 0.6 is 0 Å². The molecule has 3 fully saturated rings. The second kappa shape index (κ2) is 12.6. The maximum atomic E-state index is 12.8. The number of H-pyrrole nitrogens is 1. The molecule has 40 heavy (non-hydrogen) atoms. The van der Waals surface area contributed by atoms with Crippen LogP contribution in [0.3, 0.4) is 0 Å². The molecule has 2 bridgehead atoms. The van der Waals surface area contributed by atoms with Gasteiger partial charge < -0.3 is 31.1 Å². The number of unbranched alkanes of at least 4 members (excludes halogenated alkanes) is 1. The molecule has 10 nitrogen and oxygen atoms in total. The van der Waals surface area contributed by atoms with Crippen LogP contribution in [0.4, 0.5) is 0 Å². The molecule has 0 spiro atoms. The number of rotatable bonds is 11. The Bertz CT molecular complexity index is 1420. The van der Waals surface area contributed by atoms with Gasteiger partial charge in [-0.05, 0) is 80.5 Å². The number of hydrogen-bond donors (Lipinski definition) is 6. The van der Waals surface area contributed by atoms with E-state index in [4.69, 9.17) is 0 Å². The molecule has 4 heterocycles. The summed E-state index contributed by atoms with van der Waals surface area (Å²) in [5.74, 6) is 0.294. The molecule has 3 aliphatic heterocycles. The summed E-state index contributed by atoms with van der Waals surface area (Å²) in [6, 6.07) is 12.9. The van der Waals surface area contributed by atoms with Crippen molar-refractivity contribution in [2.75, 3.05) is 32.7 Å². The van der Waals surface area contributed by atoms with Gasteiger partial charge in [-0.3, -0.25) is 19.3 Å². The van der Waals surface area contributed by atoms with E-state index in [1.165, 1.54) is 25.0 Å². The SMILES string of the molecule is O=C(NCCCCNC[C@H](O)c1ccc(O)c2[nH]c(=O)ccc12)c1cccc(C(=O)N[C@H]2CC3CCN2CC3)c1. The van der Waals surface area contributed by atoms with Crippen LogP contribution in [0, 0.1) is 5.92 Å². The fourth-order valence-electron chi connectivity index (χ4n) is 5.73. The van der Waals surface area contributed by atoms with E-state index in [0.717, 1.165) is 32.4 Å². The standard InChI is InChI=1S/C30H37N5O5/c36-24-8-6-22(23-7-9-27(38)34-28(23)24)25(37)18-31-12-1-2-13-32-29(39)20-4-3-5-21(17-20)30(40)33-26-16-19-10-14-35(26)15-11-19/h3-9,17,19,25-26,31,36-37H,1-2,10-16,18H2,(H,32,39)(H,33,40)(H,34,38)/t25-,26+/m0/s1. The van der Waals surface area contributed by atoms with E-state index in [1.807, 2.05) is 0 Å². The van der Waals surface area contributed by atoms with Gasteiger partial charge >= 0.3 is 0 Å². The number of nitrogens with one attached hydrogen (secondary N) is 4. The number of fused-ring (bicyclic) bond motifs is 4. The molecule has 1 aromatic heterocycles. The Labute approximate surface area is 232 Å². The first-order valence-corrected chi connectivity index (χ1v) is 14.1. The highest BCUT2D eigenvalue weighted by molar-refractivity contribution is 5.99. The number of aromatic hydroxyl groups is 1. The Kier molecular flexibility index (Phi) is 8.78. The highest BCUT2D eigenvalue weighted by Gasteiger charge is 2.34. The van der Waals surface area contributed by atoms with Crippen molar-refractivity contribution in [2.24, 2.45) is 5.92 Å². The normalized spacial score (nSPS) is 20.8. The third-order valence-electron chi connectivity index (χ3n) is 8.00. The minimum atomic E-state index is -0.816. The minimum absolute atomic E-state index is 0.0436. The maximum Gasteiger partial charge on any atom is 0.252 e. The summed E-state index contributed by atoms with van der Waals surface area (Å²) in [5, 5.41) is 30.5. The van der Waals surface area contributed by atoms with Gasteiger partial charge in [0.25, 0.3) is 11.8 Å². The average Bonchev–Trinajstić information content (AvgIpc) is 2.97. The highest BCUT2D eigenvalue weighted by Crippen LogP contribution is 2.31. The molecule has 3 aliphatic rings. The van der Waals surface area contributed by atoms with Gasteiger partial charge in [0.2, 0.25) is 5.56 Å². The minimum Gasteiger partial charge on any atom is -0.506 e. The second-order valence-electron chi connectivity index (χ2n) is 10.8. The Morgan fingerprint density at radius 2 is 1.75 bits per heavy atom. The second-order valence-corrected chi connectivity index (χ2v) is 10.8. The van der Waals surface area contributed by atoms with Gasteiger partial charge in [-0.2, -0.15) is 0 Å². The van der Waals surface area contributed by atoms with Crippen LogP contribution in [0.5, 0.6) is 5.75 Å². The summed E-state index contributed by atoms with van der Waals surface area (Å²) < 4.78 is 0. The first-order chi connectivity index (χ1) is 19.4. The number of aromatic nitrogens is 1. The van der Waals surface area contributed by atoms with Crippen molar-refractivity contribution in [3.8, 4) is 5.75 Å². The fraction of sp³-hybridized carbons (Fsp3) is 0.433. The topological polar surface area (TPSA) is 147 Å². The van der Waals surface area contributed by atoms with Gasteiger partial charge in [-0.1, -0.05) is 12.1 Å². The maximum absolute atomic E-state index is 12.8. The summed E-state index contributed by atoms with van der Waals surface area (Å²) in [4.78, 5) is 42.0. The molecule has 0 aliphatic carbocycles. The van der Waals surface area contributed by atoms with Gasteiger partial charge in [0.1, 0.15) is 5.75 Å². The molecule has 3 aromatic rings. The molecule has 3 saturated heterocycles. The molecule has 6 N–H and O–H groups in total. The van der Waals surface area contributed by atoms with Crippen molar-refractivity contribution in [2.45, 2.75) is 44.4 Å². The summed E-state index contributed by atoms with van der Waals surface area (Å²) >= 11 is 0. The summed E-state index contributed by atoms with van der Waals surface area (Å²) in [6.45, 7) is 3.52. The number of aliphatic hydroxyl groups excluding tert-OH is 1. The molecule has 0 radical (unpaired) electrons. The Morgan fingerprint density at radius 3 is 2.50 bits per heavy atom. The number of hydrogen-bond acceptors (Lipinski definition) is 7. The largest absolute Gasteiger partial charge is 0.506 e. The zero-order valence-corrected chi connectivity index (χ0v) is 22.5. The number of nitrogens with zero attached hydrogens (tertiary/aromatic N) is 1. The van der Waals surface area contributed by atoms with Crippen LogP contribution in [-0.2, 0) is 0 Å². The van der Waals surface area contributed by atoms with E-state index in [1.54, 1.807) is 36.4 Å². The lowest BCUT2D eigenvalue weighted by molar-refractivity contribution is 0.0295. The monoisotopic (exact) mass is 547 g/mol. The number of phenolic OH excluding ortho intramolecular Hbond substituents is 1. The van der Waals surface area contributed by atoms with E-state index < -0.39 is 6.10 Å². The molecule has 0 saturated carbocycles. The van der Waals surface area contributed by atoms with Gasteiger partial charge in [0.05, 0.1) is 17.8 Å². The smallest absolute Gasteiger partial charge is 0.252 e. The zero-order chi connectivity index (χ0) is 28.1. The Balaban J connectivity index is 1.02. The molecular weight excluding hydrogens is 510 g/mol. The Hall–Kier alpha value is -3.73. The number of aromatic amines is 1. The summed E-state index contributed by atoms with van der Waals surface area (Å²) in [6.07, 6.45) is 4.22. The number of carbonyl (C=O) groups is 2. The fourth-order valence-corrected chi connectivity index (χ4v) is 5.73. The zero-order valence-electron chi connectivity index (χ0n) is 22.5. The van der Waals surface area contributed by atoms with Gasteiger partial charge in [0.15, 0.2) is 0 Å². The van der Waals surface area contributed by atoms with Crippen LogP contribution in [0.2, 0.25) is 0 Å². The van der Waals surface area contributed by atoms with E-state index in [9.17, 15) is 24.6 Å². The number of amides is 2. The van der Waals surface area contributed by atoms with Crippen LogP contribution in [0.15, 0.2) is 53.3 Å². The van der Waals surface area contributed by atoms with Crippen LogP contribution in [0.1, 0.15) is 64.5 Å². The lowest BCUT2D eigenvalue weighted by Gasteiger charge is -2.45. The molecule has 2 atom stereocenters. The lowest BCUT2D eigenvalue weighted by atomic mass is 9.86. The third-order valence-corrected chi connectivity index (χ3v) is 8.00. The molecule has 212 valence electrons. The molecule has 10 heteroatoms. The van der Waals surface area contributed by atoms with Gasteiger partial charge in [0, 0.05) is 48.8 Å². The van der Waals surface area contributed by atoms with Crippen LogP contribution < -0.4 is 21.5 Å². The van der Waals surface area contributed by atoms with Crippen molar-refractivity contribution < 1.29 is 19.8 Å². The van der Waals surface area contributed by atoms with Gasteiger partial charge in [-0.25, -0.2) is 0 Å². The van der Waals surface area contributed by atoms with E-state index in [0.29, 0.717) is 53.1 Å². The number of benzene rings is 2. The number of carbonyl (C=O) groups excluding carboxylic acids is 2. The number of phenols is 1. The molecule has 6 rings (SSSR count). The molecule has 2 aromatic carbocycles. The molecule has 0 unspecified atom stereocenters. The number of piperidine rings is 3. The summed E-state index contributed by atoms with van der Waals surface area (Å²) in [5.41, 5.74) is 1.55. The van der Waals surface area contributed by atoms with E-state index in [2.05, 4.69) is 25.8 Å². The highest BCUT2D eigenvalue weighted by atomic mass is 16.3. The predicted octanol–water partition coefficient (Wildman–Crippen LogP) is 2.24. The van der Waals surface area contributed by atoms with Crippen molar-refractivity contribution in [3.63, 3.8) is 0 Å².